The molecule has 1 aliphatic carbocycles. The van der Waals surface area contributed by atoms with Crippen molar-refractivity contribution in [3.63, 3.8) is 0 Å². The van der Waals surface area contributed by atoms with Crippen molar-refractivity contribution in [1.82, 2.24) is 10.2 Å². The number of carbonyl (C=O) groups excluding carboxylic acids is 1. The van der Waals surface area contributed by atoms with Gasteiger partial charge in [0.05, 0.1) is 6.10 Å². The number of carboxylic acids is 1. The zero-order chi connectivity index (χ0) is 18.6. The lowest BCUT2D eigenvalue weighted by Gasteiger charge is -2.31. The lowest BCUT2D eigenvalue weighted by Crippen LogP contribution is -2.57. The van der Waals surface area contributed by atoms with E-state index in [0.717, 1.165) is 43.4 Å². The van der Waals surface area contributed by atoms with Gasteiger partial charge >= 0.3 is 12.0 Å². The molecule has 0 spiro atoms. The molecule has 1 saturated carbocycles. The Balaban J connectivity index is 1.74. The lowest BCUT2D eigenvalue weighted by atomic mass is 9.98. The molecule has 1 aliphatic heterocycles. The third kappa shape index (κ3) is 4.36. The number of nitrogens with zero attached hydrogens (tertiary/aromatic N) is 1. The summed E-state index contributed by atoms with van der Waals surface area (Å²) in [5.74, 6) is -0.934. The van der Waals surface area contributed by atoms with Gasteiger partial charge in [0.1, 0.15) is 5.54 Å². The van der Waals surface area contributed by atoms with Crippen LogP contribution in [0.1, 0.15) is 49.7 Å². The predicted molar refractivity (Wildman–Crippen MR) is 97.9 cm³/mol. The first-order chi connectivity index (χ1) is 12.5. The fraction of sp³-hybridized carbons (Fsp3) is 0.600. The number of urea groups is 1. The number of hydrogen-bond acceptors (Lipinski definition) is 3. The molecule has 0 aromatic heterocycles. The third-order valence-electron chi connectivity index (χ3n) is 5.40. The summed E-state index contributed by atoms with van der Waals surface area (Å²) in [6.45, 7) is 3.67. The SMILES string of the molecule is Cc1cccc(CN(CC2CCCO2)C(=O)NC2(C(=O)O)CCCC2)c1. The van der Waals surface area contributed by atoms with Crippen molar-refractivity contribution >= 4 is 12.0 Å². The average Bonchev–Trinajstić information content (AvgIpc) is 3.27. The molecule has 6 heteroatoms. The van der Waals surface area contributed by atoms with Crippen molar-refractivity contribution in [3.05, 3.63) is 35.4 Å². The minimum atomic E-state index is -1.13. The van der Waals surface area contributed by atoms with Crippen molar-refractivity contribution in [1.29, 1.82) is 0 Å². The van der Waals surface area contributed by atoms with Gasteiger partial charge in [-0.3, -0.25) is 0 Å². The van der Waals surface area contributed by atoms with Crippen molar-refractivity contribution in [2.45, 2.75) is 63.6 Å². The average molecular weight is 360 g/mol. The van der Waals surface area contributed by atoms with Crippen LogP contribution in [0.4, 0.5) is 4.79 Å². The Bertz CT molecular complexity index is 649. The van der Waals surface area contributed by atoms with Gasteiger partial charge in [-0.2, -0.15) is 0 Å². The van der Waals surface area contributed by atoms with Crippen LogP contribution < -0.4 is 5.32 Å². The lowest BCUT2D eigenvalue weighted by molar-refractivity contribution is -0.144. The van der Waals surface area contributed by atoms with E-state index in [1.54, 1.807) is 4.90 Å². The minimum Gasteiger partial charge on any atom is -0.480 e. The minimum absolute atomic E-state index is 0.0231. The van der Waals surface area contributed by atoms with Crippen LogP contribution in [0.2, 0.25) is 0 Å². The van der Waals surface area contributed by atoms with Crippen molar-refractivity contribution in [3.8, 4) is 0 Å². The number of benzene rings is 1. The van der Waals surface area contributed by atoms with Gasteiger partial charge in [0.15, 0.2) is 0 Å². The van der Waals surface area contributed by atoms with E-state index in [4.69, 9.17) is 4.74 Å². The topological polar surface area (TPSA) is 78.9 Å². The third-order valence-corrected chi connectivity index (χ3v) is 5.40. The molecule has 2 fully saturated rings. The molecular formula is C20H28N2O4. The Labute approximate surface area is 154 Å². The van der Waals surface area contributed by atoms with E-state index in [0.29, 0.717) is 25.9 Å². The summed E-state index contributed by atoms with van der Waals surface area (Å²) in [5, 5.41) is 12.5. The van der Waals surface area contributed by atoms with Gasteiger partial charge in [0.2, 0.25) is 0 Å². The molecule has 142 valence electrons. The largest absolute Gasteiger partial charge is 0.480 e. The molecule has 1 heterocycles. The van der Waals surface area contributed by atoms with Crippen molar-refractivity contribution < 1.29 is 19.4 Å². The van der Waals surface area contributed by atoms with Gasteiger partial charge in [0, 0.05) is 19.7 Å². The maximum absolute atomic E-state index is 13.0. The summed E-state index contributed by atoms with van der Waals surface area (Å²) in [6, 6.07) is 7.73. The van der Waals surface area contributed by atoms with Crippen molar-refractivity contribution in [2.75, 3.05) is 13.2 Å². The molecule has 1 aromatic carbocycles. The molecule has 1 unspecified atom stereocenters. The maximum atomic E-state index is 13.0. The Morgan fingerprint density at radius 2 is 2.08 bits per heavy atom. The van der Waals surface area contributed by atoms with E-state index in [-0.39, 0.29) is 12.1 Å². The second-order valence-corrected chi connectivity index (χ2v) is 7.53. The number of hydrogen-bond donors (Lipinski definition) is 2. The Hall–Kier alpha value is -2.08. The van der Waals surface area contributed by atoms with E-state index >= 15 is 0 Å². The molecule has 2 amide bonds. The zero-order valence-corrected chi connectivity index (χ0v) is 15.4. The molecule has 1 saturated heterocycles. The van der Waals surface area contributed by atoms with Gasteiger partial charge in [-0.05, 0) is 38.2 Å². The van der Waals surface area contributed by atoms with E-state index < -0.39 is 11.5 Å². The summed E-state index contributed by atoms with van der Waals surface area (Å²) in [6.07, 6.45) is 4.60. The molecule has 2 aliphatic rings. The fourth-order valence-corrected chi connectivity index (χ4v) is 3.94. The highest BCUT2D eigenvalue weighted by molar-refractivity contribution is 5.86. The molecule has 0 bridgehead atoms. The van der Waals surface area contributed by atoms with E-state index in [2.05, 4.69) is 11.4 Å². The number of carboxylic acid groups (broad SMARTS) is 1. The Morgan fingerprint density at radius 1 is 1.31 bits per heavy atom. The van der Waals surface area contributed by atoms with Crippen LogP contribution in [-0.4, -0.2) is 46.8 Å². The van der Waals surface area contributed by atoms with Gasteiger partial charge < -0.3 is 20.1 Å². The number of ether oxygens (including phenoxy) is 1. The molecule has 0 radical (unpaired) electrons. The van der Waals surface area contributed by atoms with E-state index in [9.17, 15) is 14.7 Å². The number of aliphatic carboxylic acids is 1. The normalized spacial score (nSPS) is 21.5. The summed E-state index contributed by atoms with van der Waals surface area (Å²) >= 11 is 0. The number of aryl methyl sites for hydroxylation is 1. The standard InChI is InChI=1S/C20H28N2O4/c1-15-6-4-7-16(12-15)13-22(14-17-8-5-11-26-17)19(25)21-20(18(23)24)9-2-3-10-20/h4,6-7,12,17H,2-3,5,8-11,13-14H2,1H3,(H,21,25)(H,23,24). The van der Waals surface area contributed by atoms with Crippen LogP contribution in [0.15, 0.2) is 24.3 Å². The van der Waals surface area contributed by atoms with Crippen LogP contribution in [0.5, 0.6) is 0 Å². The molecular weight excluding hydrogens is 332 g/mol. The summed E-state index contributed by atoms with van der Waals surface area (Å²) < 4.78 is 5.70. The molecule has 1 aromatic rings. The highest BCUT2D eigenvalue weighted by Gasteiger charge is 2.43. The van der Waals surface area contributed by atoms with Gasteiger partial charge in [-0.1, -0.05) is 42.7 Å². The molecule has 3 rings (SSSR count). The maximum Gasteiger partial charge on any atom is 0.329 e. The zero-order valence-electron chi connectivity index (χ0n) is 15.4. The molecule has 26 heavy (non-hydrogen) atoms. The highest BCUT2D eigenvalue weighted by atomic mass is 16.5. The number of amides is 2. The summed E-state index contributed by atoms with van der Waals surface area (Å²) in [5.41, 5.74) is 1.05. The smallest absolute Gasteiger partial charge is 0.329 e. The van der Waals surface area contributed by atoms with Gasteiger partial charge in [-0.25, -0.2) is 9.59 Å². The van der Waals surface area contributed by atoms with E-state index in [1.807, 2.05) is 25.1 Å². The highest BCUT2D eigenvalue weighted by Crippen LogP contribution is 2.30. The monoisotopic (exact) mass is 360 g/mol. The first-order valence-corrected chi connectivity index (χ1v) is 9.46. The molecule has 6 nitrogen and oxygen atoms in total. The van der Waals surface area contributed by atoms with Crippen LogP contribution in [-0.2, 0) is 16.1 Å². The molecule has 2 N–H and O–H groups in total. The Kier molecular flexibility index (Phi) is 5.81. The van der Waals surface area contributed by atoms with Crippen LogP contribution >= 0.6 is 0 Å². The van der Waals surface area contributed by atoms with E-state index in [1.165, 1.54) is 0 Å². The second kappa shape index (κ2) is 8.08. The van der Waals surface area contributed by atoms with Crippen molar-refractivity contribution in [2.24, 2.45) is 0 Å². The van der Waals surface area contributed by atoms with Crippen LogP contribution in [0, 0.1) is 6.92 Å². The predicted octanol–water partition coefficient (Wildman–Crippen LogP) is 3.08. The Morgan fingerprint density at radius 3 is 2.69 bits per heavy atom. The number of rotatable bonds is 6. The molecule has 1 atom stereocenters. The van der Waals surface area contributed by atoms with Gasteiger partial charge in [0.25, 0.3) is 0 Å². The summed E-state index contributed by atoms with van der Waals surface area (Å²) in [7, 11) is 0. The first-order valence-electron chi connectivity index (χ1n) is 9.46. The van der Waals surface area contributed by atoms with Gasteiger partial charge in [-0.15, -0.1) is 0 Å². The number of nitrogens with one attached hydrogen (secondary N) is 1. The first kappa shape index (κ1) is 18.7. The number of carbonyl (C=O) groups is 2. The fourth-order valence-electron chi connectivity index (χ4n) is 3.94. The quantitative estimate of drug-likeness (QED) is 0.817. The summed E-state index contributed by atoms with van der Waals surface area (Å²) in [4.78, 5) is 26.5. The van der Waals surface area contributed by atoms with Crippen LogP contribution in [0.25, 0.3) is 0 Å². The van der Waals surface area contributed by atoms with Crippen LogP contribution in [0.3, 0.4) is 0 Å². The second-order valence-electron chi connectivity index (χ2n) is 7.53.